The normalized spacial score (nSPS) is 16.0. The highest BCUT2D eigenvalue weighted by Gasteiger charge is 2.28. The van der Waals surface area contributed by atoms with Gasteiger partial charge in [-0.25, -0.2) is 0 Å². The number of carbonyl (C=O) groups excluding carboxylic acids is 2. The third kappa shape index (κ3) is 3.10. The fourth-order valence-corrected chi connectivity index (χ4v) is 2.50. The number of hydrogen-bond acceptors (Lipinski definition) is 3. The van der Waals surface area contributed by atoms with E-state index in [2.05, 4.69) is 0 Å². The number of benzene rings is 1. The molecule has 5 heteroatoms. The monoisotopic (exact) mass is 275 g/mol. The average Bonchev–Trinajstić information content (AvgIpc) is 2.46. The molecule has 1 fully saturated rings. The highest BCUT2D eigenvalue weighted by molar-refractivity contribution is 5.94. The molecule has 1 saturated heterocycles. The number of piperidine rings is 1. The summed E-state index contributed by atoms with van der Waals surface area (Å²) >= 11 is 0. The number of nitrogens with zero attached hydrogens (tertiary/aromatic N) is 2. The van der Waals surface area contributed by atoms with E-state index < -0.39 is 0 Å². The van der Waals surface area contributed by atoms with E-state index in [9.17, 15) is 9.59 Å². The summed E-state index contributed by atoms with van der Waals surface area (Å²) in [5.74, 6) is 0.214. The lowest BCUT2D eigenvalue weighted by atomic mass is 9.95. The summed E-state index contributed by atoms with van der Waals surface area (Å²) in [6.07, 6.45) is 1.47. The van der Waals surface area contributed by atoms with Crippen LogP contribution in [0.1, 0.15) is 23.2 Å². The summed E-state index contributed by atoms with van der Waals surface area (Å²) in [7, 11) is 3.54. The van der Waals surface area contributed by atoms with E-state index in [4.69, 9.17) is 5.73 Å². The van der Waals surface area contributed by atoms with E-state index in [-0.39, 0.29) is 17.7 Å². The molecule has 2 rings (SSSR count). The number of carbonyl (C=O) groups is 2. The molecule has 0 bridgehead atoms. The van der Waals surface area contributed by atoms with Crippen molar-refractivity contribution >= 4 is 17.5 Å². The number of hydrogen-bond donors (Lipinski definition) is 1. The zero-order valence-electron chi connectivity index (χ0n) is 12.0. The fourth-order valence-electron chi connectivity index (χ4n) is 2.50. The van der Waals surface area contributed by atoms with Crippen LogP contribution in [0, 0.1) is 5.92 Å². The van der Waals surface area contributed by atoms with Gasteiger partial charge in [0.2, 0.25) is 5.91 Å². The van der Waals surface area contributed by atoms with Crippen LogP contribution in [-0.2, 0) is 4.79 Å². The second-order valence-corrected chi connectivity index (χ2v) is 5.42. The van der Waals surface area contributed by atoms with Crippen molar-refractivity contribution in [3.63, 3.8) is 0 Å². The SMILES string of the molecule is CN(C)C(=O)C1CCN(C(=O)c2ccc(N)cc2)CC1. The van der Waals surface area contributed by atoms with Crippen LogP contribution < -0.4 is 5.73 Å². The third-order valence-electron chi connectivity index (χ3n) is 3.73. The molecule has 5 nitrogen and oxygen atoms in total. The number of rotatable bonds is 2. The number of likely N-dealkylation sites (tertiary alicyclic amines) is 1. The molecule has 0 aromatic heterocycles. The topological polar surface area (TPSA) is 66.6 Å². The van der Waals surface area contributed by atoms with Crippen LogP contribution in [0.5, 0.6) is 0 Å². The van der Waals surface area contributed by atoms with E-state index in [1.165, 1.54) is 0 Å². The minimum Gasteiger partial charge on any atom is -0.399 e. The maximum absolute atomic E-state index is 12.3. The molecule has 0 aliphatic carbocycles. The number of nitrogen functional groups attached to an aromatic ring is 1. The zero-order chi connectivity index (χ0) is 14.7. The third-order valence-corrected chi connectivity index (χ3v) is 3.73. The molecule has 0 radical (unpaired) electrons. The van der Waals surface area contributed by atoms with Crippen LogP contribution in [0.4, 0.5) is 5.69 Å². The lowest BCUT2D eigenvalue weighted by Crippen LogP contribution is -2.42. The van der Waals surface area contributed by atoms with Crippen molar-refractivity contribution < 1.29 is 9.59 Å². The van der Waals surface area contributed by atoms with Gasteiger partial charge in [0, 0.05) is 44.4 Å². The first kappa shape index (κ1) is 14.4. The van der Waals surface area contributed by atoms with Gasteiger partial charge in [0.05, 0.1) is 0 Å². The zero-order valence-corrected chi connectivity index (χ0v) is 12.0. The Morgan fingerprint density at radius 2 is 1.70 bits per heavy atom. The van der Waals surface area contributed by atoms with E-state index in [1.807, 2.05) is 4.90 Å². The van der Waals surface area contributed by atoms with Gasteiger partial charge in [-0.15, -0.1) is 0 Å². The number of anilines is 1. The number of nitrogens with two attached hydrogens (primary N) is 1. The Morgan fingerprint density at radius 3 is 2.20 bits per heavy atom. The molecule has 2 N–H and O–H groups in total. The largest absolute Gasteiger partial charge is 0.399 e. The molecular formula is C15H21N3O2. The van der Waals surface area contributed by atoms with Gasteiger partial charge in [-0.3, -0.25) is 9.59 Å². The Kier molecular flexibility index (Phi) is 4.27. The second-order valence-electron chi connectivity index (χ2n) is 5.42. The Hall–Kier alpha value is -2.04. The molecule has 0 unspecified atom stereocenters. The van der Waals surface area contributed by atoms with Crippen molar-refractivity contribution in [1.82, 2.24) is 9.80 Å². The van der Waals surface area contributed by atoms with Crippen LogP contribution in [0.25, 0.3) is 0 Å². The van der Waals surface area contributed by atoms with Crippen molar-refractivity contribution in [2.24, 2.45) is 5.92 Å². The van der Waals surface area contributed by atoms with Gasteiger partial charge in [0.25, 0.3) is 5.91 Å². The summed E-state index contributed by atoms with van der Waals surface area (Å²) in [5.41, 5.74) is 6.92. The van der Waals surface area contributed by atoms with Gasteiger partial charge in [0.1, 0.15) is 0 Å². The first-order chi connectivity index (χ1) is 9.49. The predicted octanol–water partition coefficient (Wildman–Crippen LogP) is 1.21. The molecule has 2 amide bonds. The van der Waals surface area contributed by atoms with Gasteiger partial charge >= 0.3 is 0 Å². The predicted molar refractivity (Wildman–Crippen MR) is 78.2 cm³/mol. The average molecular weight is 275 g/mol. The molecule has 1 heterocycles. The van der Waals surface area contributed by atoms with Crippen molar-refractivity contribution in [3.05, 3.63) is 29.8 Å². The minimum absolute atomic E-state index is 0.0146. The standard InChI is InChI=1S/C15H21N3O2/c1-17(2)14(19)12-7-9-18(10-8-12)15(20)11-3-5-13(16)6-4-11/h3-6,12H,7-10,16H2,1-2H3. The molecule has 1 aromatic carbocycles. The van der Waals surface area contributed by atoms with Crippen LogP contribution in [0.2, 0.25) is 0 Å². The lowest BCUT2D eigenvalue weighted by Gasteiger charge is -2.32. The van der Waals surface area contributed by atoms with E-state index in [0.717, 1.165) is 12.8 Å². The van der Waals surface area contributed by atoms with Crippen molar-refractivity contribution in [1.29, 1.82) is 0 Å². The molecule has 1 aliphatic heterocycles. The molecule has 20 heavy (non-hydrogen) atoms. The van der Waals surface area contributed by atoms with Crippen LogP contribution >= 0.6 is 0 Å². The first-order valence-corrected chi connectivity index (χ1v) is 6.85. The Balaban J connectivity index is 1.95. The van der Waals surface area contributed by atoms with Gasteiger partial charge in [-0.1, -0.05) is 0 Å². The highest BCUT2D eigenvalue weighted by Crippen LogP contribution is 2.20. The molecule has 0 saturated carbocycles. The highest BCUT2D eigenvalue weighted by atomic mass is 16.2. The van der Waals surface area contributed by atoms with Crippen LogP contribution in [0.15, 0.2) is 24.3 Å². The smallest absolute Gasteiger partial charge is 0.253 e. The summed E-state index contributed by atoms with van der Waals surface area (Å²) in [5, 5.41) is 0. The molecule has 0 spiro atoms. The lowest BCUT2D eigenvalue weighted by molar-refractivity contribution is -0.134. The van der Waals surface area contributed by atoms with Crippen LogP contribution in [-0.4, -0.2) is 48.8 Å². The van der Waals surface area contributed by atoms with Crippen molar-refractivity contribution in [2.75, 3.05) is 32.9 Å². The number of amides is 2. The van der Waals surface area contributed by atoms with Crippen LogP contribution in [0.3, 0.4) is 0 Å². The van der Waals surface area contributed by atoms with E-state index in [1.54, 1.807) is 43.3 Å². The molecule has 108 valence electrons. The van der Waals surface area contributed by atoms with Gasteiger partial charge in [0.15, 0.2) is 0 Å². The van der Waals surface area contributed by atoms with Gasteiger partial charge in [-0.05, 0) is 37.1 Å². The summed E-state index contributed by atoms with van der Waals surface area (Å²) in [6, 6.07) is 6.95. The summed E-state index contributed by atoms with van der Waals surface area (Å²) in [4.78, 5) is 27.6. The minimum atomic E-state index is 0.0146. The Morgan fingerprint density at radius 1 is 1.15 bits per heavy atom. The van der Waals surface area contributed by atoms with Gasteiger partial charge in [-0.2, -0.15) is 0 Å². The van der Waals surface area contributed by atoms with Crippen molar-refractivity contribution in [3.8, 4) is 0 Å². The maximum atomic E-state index is 12.3. The van der Waals surface area contributed by atoms with Crippen molar-refractivity contribution in [2.45, 2.75) is 12.8 Å². The molecular weight excluding hydrogens is 254 g/mol. The second kappa shape index (κ2) is 5.94. The first-order valence-electron chi connectivity index (χ1n) is 6.85. The Bertz CT molecular complexity index is 488. The fraction of sp³-hybridized carbons (Fsp3) is 0.467. The summed E-state index contributed by atoms with van der Waals surface area (Å²) in [6.45, 7) is 1.26. The Labute approximate surface area is 119 Å². The summed E-state index contributed by atoms with van der Waals surface area (Å²) < 4.78 is 0. The molecule has 1 aliphatic rings. The van der Waals surface area contributed by atoms with E-state index >= 15 is 0 Å². The van der Waals surface area contributed by atoms with Gasteiger partial charge < -0.3 is 15.5 Å². The molecule has 1 aromatic rings. The maximum Gasteiger partial charge on any atom is 0.253 e. The van der Waals surface area contributed by atoms with E-state index in [0.29, 0.717) is 24.3 Å². The quantitative estimate of drug-likeness (QED) is 0.825. The molecule has 0 atom stereocenters.